The molecule has 0 unspecified atom stereocenters. The van der Waals surface area contributed by atoms with E-state index in [9.17, 15) is 19.2 Å². The molecule has 32 heavy (non-hydrogen) atoms. The molecule has 0 aliphatic carbocycles. The van der Waals surface area contributed by atoms with E-state index in [1.807, 2.05) is 0 Å². The highest BCUT2D eigenvalue weighted by atomic mass is 16.7. The summed E-state index contributed by atoms with van der Waals surface area (Å²) in [6.45, 7) is 9.83. The third-order valence-electron chi connectivity index (χ3n) is 5.08. The van der Waals surface area contributed by atoms with Gasteiger partial charge >= 0.3 is 23.9 Å². The largest absolute Gasteiger partial charge is 0.481 e. The van der Waals surface area contributed by atoms with Gasteiger partial charge in [0.15, 0.2) is 0 Å². The number of carbonyl (C=O) groups excluding carboxylic acids is 2. The lowest BCUT2D eigenvalue weighted by Gasteiger charge is -2.45. The van der Waals surface area contributed by atoms with E-state index in [0.29, 0.717) is 0 Å². The second kappa shape index (κ2) is 12.7. The first kappa shape index (κ1) is 27.8. The maximum absolute atomic E-state index is 11.5. The van der Waals surface area contributed by atoms with Crippen LogP contribution in [-0.4, -0.2) is 69.4 Å². The predicted octanol–water partition coefficient (Wildman–Crippen LogP) is 2.50. The molecule has 2 fully saturated rings. The highest BCUT2D eigenvalue weighted by molar-refractivity contribution is 5.77. The molecule has 10 heteroatoms. The third-order valence-corrected chi connectivity index (χ3v) is 5.08. The van der Waals surface area contributed by atoms with Gasteiger partial charge in [-0.1, -0.05) is 6.42 Å². The molecule has 0 bridgehead atoms. The zero-order chi connectivity index (χ0) is 24.4. The van der Waals surface area contributed by atoms with Crippen molar-refractivity contribution in [1.82, 2.24) is 10.4 Å². The maximum atomic E-state index is 11.5. The maximum Gasteiger partial charge on any atom is 0.325 e. The van der Waals surface area contributed by atoms with Crippen LogP contribution in [0.2, 0.25) is 0 Å². The number of hydrogen-bond donors (Lipinski definition) is 3. The molecule has 2 aliphatic rings. The minimum Gasteiger partial charge on any atom is -0.481 e. The Balaban J connectivity index is 0.000000330. The van der Waals surface area contributed by atoms with Crippen molar-refractivity contribution in [3.05, 3.63) is 0 Å². The monoisotopic (exact) mass is 458 g/mol. The first-order valence-electron chi connectivity index (χ1n) is 11.2. The Kier molecular flexibility index (Phi) is 11.1. The van der Waals surface area contributed by atoms with E-state index in [1.54, 1.807) is 5.06 Å². The fourth-order valence-electron chi connectivity index (χ4n) is 4.12. The number of esters is 1. The molecule has 0 saturated carbocycles. The third kappa shape index (κ3) is 12.6. The first-order valence-corrected chi connectivity index (χ1v) is 11.2. The summed E-state index contributed by atoms with van der Waals surface area (Å²) in [7, 11) is 0. The van der Waals surface area contributed by atoms with Gasteiger partial charge in [0.05, 0.1) is 25.7 Å². The van der Waals surface area contributed by atoms with Crippen molar-refractivity contribution >= 4 is 23.9 Å². The Morgan fingerprint density at radius 2 is 1.28 bits per heavy atom. The van der Waals surface area contributed by atoms with E-state index in [-0.39, 0.29) is 42.9 Å². The summed E-state index contributed by atoms with van der Waals surface area (Å²) in [5.74, 6) is -2.82. The molecule has 0 radical (unpaired) electrons. The van der Waals surface area contributed by atoms with Crippen molar-refractivity contribution in [3.8, 4) is 0 Å². The van der Waals surface area contributed by atoms with E-state index in [4.69, 9.17) is 19.8 Å². The van der Waals surface area contributed by atoms with Gasteiger partial charge in [0, 0.05) is 37.0 Å². The van der Waals surface area contributed by atoms with Crippen molar-refractivity contribution in [2.75, 3.05) is 13.1 Å². The van der Waals surface area contributed by atoms with E-state index in [0.717, 1.165) is 38.8 Å². The fourth-order valence-corrected chi connectivity index (χ4v) is 4.12. The van der Waals surface area contributed by atoms with Crippen LogP contribution >= 0.6 is 0 Å². The summed E-state index contributed by atoms with van der Waals surface area (Å²) >= 11 is 0. The Bertz CT molecular complexity index is 640. The van der Waals surface area contributed by atoms with Crippen LogP contribution < -0.4 is 5.32 Å². The van der Waals surface area contributed by atoms with Crippen LogP contribution in [0.15, 0.2) is 0 Å². The van der Waals surface area contributed by atoms with Crippen molar-refractivity contribution in [2.24, 2.45) is 0 Å². The summed E-state index contributed by atoms with van der Waals surface area (Å²) in [4.78, 5) is 48.2. The van der Waals surface area contributed by atoms with Crippen LogP contribution in [0.4, 0.5) is 0 Å². The van der Waals surface area contributed by atoms with Gasteiger partial charge in [0.25, 0.3) is 0 Å². The molecule has 3 N–H and O–H groups in total. The number of rotatable bonds is 8. The van der Waals surface area contributed by atoms with Gasteiger partial charge in [0.2, 0.25) is 0 Å². The number of carboxylic acids is 2. The zero-order valence-corrected chi connectivity index (χ0v) is 19.6. The van der Waals surface area contributed by atoms with Gasteiger partial charge in [-0.25, -0.2) is 0 Å². The number of piperidine rings is 2. The number of hydrogen-bond acceptors (Lipinski definition) is 8. The van der Waals surface area contributed by atoms with Crippen molar-refractivity contribution < 1.29 is 39.0 Å². The lowest BCUT2D eigenvalue weighted by atomic mass is 9.81. The Hall–Kier alpha value is -2.20. The van der Waals surface area contributed by atoms with Gasteiger partial charge in [-0.3, -0.25) is 19.2 Å². The highest BCUT2D eigenvalue weighted by Crippen LogP contribution is 2.30. The van der Waals surface area contributed by atoms with Gasteiger partial charge in [-0.05, 0) is 40.5 Å². The fraction of sp³-hybridized carbons (Fsp3) is 0.818. The predicted molar refractivity (Wildman–Crippen MR) is 116 cm³/mol. The van der Waals surface area contributed by atoms with E-state index >= 15 is 0 Å². The van der Waals surface area contributed by atoms with Crippen LogP contribution in [0, 0.1) is 0 Å². The SMILES string of the molecule is CC1(C)CC(OC(=O)CCC(=O)O)CC(C)(C)N1.O=C(O)CCC(=O)ON1CCCCC1. The summed E-state index contributed by atoms with van der Waals surface area (Å²) < 4.78 is 5.37. The minimum atomic E-state index is -0.974. The number of nitrogens with one attached hydrogen (secondary N) is 1. The van der Waals surface area contributed by atoms with Crippen molar-refractivity contribution in [2.45, 2.75) is 103 Å². The standard InChI is InChI=1S/C13H23NO4.C9H15NO4/c1-12(2)7-9(8-13(3,4)14-12)18-11(17)6-5-10(15)16;11-8(12)4-5-9(13)14-10-6-2-1-3-7-10/h9,14H,5-8H2,1-4H3,(H,15,16);1-7H2,(H,11,12). The quantitative estimate of drug-likeness (QED) is 0.464. The summed E-state index contributed by atoms with van der Waals surface area (Å²) in [6, 6.07) is 0. The van der Waals surface area contributed by atoms with Gasteiger partial charge in [-0.15, -0.1) is 5.06 Å². The number of nitrogens with zero attached hydrogens (tertiary/aromatic N) is 1. The van der Waals surface area contributed by atoms with Gasteiger partial charge in [-0.2, -0.15) is 0 Å². The Morgan fingerprint density at radius 1 is 0.812 bits per heavy atom. The molecule has 10 nitrogen and oxygen atoms in total. The highest BCUT2D eigenvalue weighted by Gasteiger charge is 2.39. The lowest BCUT2D eigenvalue weighted by molar-refractivity contribution is -0.195. The first-order chi connectivity index (χ1) is 14.8. The second-order valence-corrected chi connectivity index (χ2v) is 9.65. The number of ether oxygens (including phenoxy) is 1. The Labute approximate surface area is 189 Å². The molecule has 2 saturated heterocycles. The van der Waals surface area contributed by atoms with E-state index in [1.165, 1.54) is 6.42 Å². The lowest BCUT2D eigenvalue weighted by Crippen LogP contribution is -2.59. The minimum absolute atomic E-state index is 0.0498. The number of hydroxylamine groups is 2. The summed E-state index contributed by atoms with van der Waals surface area (Å²) in [5.41, 5.74) is -0.168. The van der Waals surface area contributed by atoms with E-state index in [2.05, 4.69) is 33.0 Å². The molecule has 0 spiro atoms. The number of carbonyl (C=O) groups is 4. The second-order valence-electron chi connectivity index (χ2n) is 9.65. The molecule has 0 aromatic rings. The molecule has 0 atom stereocenters. The molecule has 184 valence electrons. The van der Waals surface area contributed by atoms with Crippen LogP contribution in [0.1, 0.15) is 85.5 Å². The molecule has 0 aromatic heterocycles. The van der Waals surface area contributed by atoms with E-state index < -0.39 is 23.9 Å². The molecule has 0 aromatic carbocycles. The van der Waals surface area contributed by atoms with Crippen LogP contribution in [-0.2, 0) is 28.8 Å². The van der Waals surface area contributed by atoms with Crippen LogP contribution in [0.5, 0.6) is 0 Å². The average Bonchev–Trinajstić information content (AvgIpc) is 2.63. The smallest absolute Gasteiger partial charge is 0.325 e. The molecule has 0 amide bonds. The molecular formula is C22H38N2O8. The van der Waals surface area contributed by atoms with Crippen molar-refractivity contribution in [1.29, 1.82) is 0 Å². The van der Waals surface area contributed by atoms with Crippen molar-refractivity contribution in [3.63, 3.8) is 0 Å². The van der Waals surface area contributed by atoms with Crippen LogP contribution in [0.25, 0.3) is 0 Å². The molecule has 2 aliphatic heterocycles. The van der Waals surface area contributed by atoms with Crippen LogP contribution in [0.3, 0.4) is 0 Å². The zero-order valence-electron chi connectivity index (χ0n) is 19.6. The normalized spacial score (nSPS) is 20.4. The number of aliphatic carboxylic acids is 2. The summed E-state index contributed by atoms with van der Waals surface area (Å²) in [5, 5.41) is 22.0. The summed E-state index contributed by atoms with van der Waals surface area (Å²) in [6.07, 6.45) is 4.15. The topological polar surface area (TPSA) is 142 Å². The Morgan fingerprint density at radius 3 is 1.75 bits per heavy atom. The molecule has 2 rings (SSSR count). The van der Waals surface area contributed by atoms with Gasteiger partial charge < -0.3 is 25.1 Å². The molecule has 2 heterocycles. The average molecular weight is 459 g/mol. The number of carboxylic acid groups (broad SMARTS) is 2. The van der Waals surface area contributed by atoms with Gasteiger partial charge in [0.1, 0.15) is 6.10 Å². The molecular weight excluding hydrogens is 420 g/mol.